The summed E-state index contributed by atoms with van der Waals surface area (Å²) in [5, 5.41) is 4.30. The molecule has 0 fully saturated rings. The van der Waals surface area contributed by atoms with Crippen molar-refractivity contribution >= 4 is 11.6 Å². The Hall–Kier alpha value is -2.49. The van der Waals surface area contributed by atoms with E-state index < -0.39 is 0 Å². The minimum absolute atomic E-state index is 0.237. The second-order valence-corrected chi connectivity index (χ2v) is 7.04. The molecule has 0 aromatic heterocycles. The Kier molecular flexibility index (Phi) is 7.35. The molecule has 1 unspecified atom stereocenters. The Morgan fingerprint density at radius 3 is 2.36 bits per heavy atom. The van der Waals surface area contributed by atoms with Crippen molar-refractivity contribution in [3.63, 3.8) is 0 Å². The molecule has 3 nitrogen and oxygen atoms in total. The highest BCUT2D eigenvalue weighted by atomic mass is 35.5. The SMILES string of the molecule is CCOc1cccc(CNC(C)c2ccccc2)c1OCc1ccc(Cl)cc1. The zero-order valence-corrected chi connectivity index (χ0v) is 17.1. The summed E-state index contributed by atoms with van der Waals surface area (Å²) in [4.78, 5) is 0. The van der Waals surface area contributed by atoms with Gasteiger partial charge in [-0.3, -0.25) is 0 Å². The molecule has 0 bridgehead atoms. The van der Waals surface area contributed by atoms with Crippen molar-refractivity contribution in [3.8, 4) is 11.5 Å². The highest BCUT2D eigenvalue weighted by Gasteiger charge is 2.13. The summed E-state index contributed by atoms with van der Waals surface area (Å²) in [6, 6.07) is 24.4. The van der Waals surface area contributed by atoms with Crippen molar-refractivity contribution < 1.29 is 9.47 Å². The summed E-state index contributed by atoms with van der Waals surface area (Å²) >= 11 is 5.97. The summed E-state index contributed by atoms with van der Waals surface area (Å²) in [5.41, 5.74) is 3.39. The molecule has 0 spiro atoms. The van der Waals surface area contributed by atoms with E-state index in [4.69, 9.17) is 21.1 Å². The molecule has 0 aliphatic rings. The van der Waals surface area contributed by atoms with Crippen LogP contribution >= 0.6 is 11.6 Å². The molecular weight excluding hydrogens is 370 g/mol. The van der Waals surface area contributed by atoms with Gasteiger partial charge in [0.15, 0.2) is 11.5 Å². The molecule has 0 amide bonds. The maximum absolute atomic E-state index is 6.18. The molecule has 3 aromatic rings. The van der Waals surface area contributed by atoms with Crippen LogP contribution in [0.1, 0.15) is 36.6 Å². The topological polar surface area (TPSA) is 30.5 Å². The lowest BCUT2D eigenvalue weighted by Crippen LogP contribution is -2.18. The second kappa shape index (κ2) is 10.2. The van der Waals surface area contributed by atoms with Crippen LogP contribution in [0.2, 0.25) is 5.02 Å². The molecule has 146 valence electrons. The number of hydrogen-bond acceptors (Lipinski definition) is 3. The number of hydrogen-bond donors (Lipinski definition) is 1. The molecule has 0 saturated carbocycles. The zero-order valence-electron chi connectivity index (χ0n) is 16.3. The minimum Gasteiger partial charge on any atom is -0.490 e. The van der Waals surface area contributed by atoms with Gasteiger partial charge in [0, 0.05) is 23.2 Å². The van der Waals surface area contributed by atoms with E-state index in [1.807, 2.05) is 49.4 Å². The summed E-state index contributed by atoms with van der Waals surface area (Å²) in [5.74, 6) is 1.55. The summed E-state index contributed by atoms with van der Waals surface area (Å²) in [6.45, 7) is 5.88. The Labute approximate surface area is 172 Å². The average Bonchev–Trinajstić information content (AvgIpc) is 2.73. The second-order valence-electron chi connectivity index (χ2n) is 6.61. The van der Waals surface area contributed by atoms with Gasteiger partial charge in [-0.1, -0.05) is 66.2 Å². The van der Waals surface area contributed by atoms with E-state index in [1.165, 1.54) is 5.56 Å². The lowest BCUT2D eigenvalue weighted by atomic mass is 10.1. The number of rotatable bonds is 9. The van der Waals surface area contributed by atoms with Gasteiger partial charge in [-0.2, -0.15) is 0 Å². The summed E-state index contributed by atoms with van der Waals surface area (Å²) in [6.07, 6.45) is 0. The number of halogens is 1. The molecule has 3 rings (SSSR count). The lowest BCUT2D eigenvalue weighted by Gasteiger charge is -2.19. The van der Waals surface area contributed by atoms with Crippen LogP contribution in [-0.2, 0) is 13.2 Å². The van der Waals surface area contributed by atoms with Crippen molar-refractivity contribution in [1.29, 1.82) is 0 Å². The van der Waals surface area contributed by atoms with Crippen LogP contribution in [0, 0.1) is 0 Å². The fourth-order valence-electron chi connectivity index (χ4n) is 2.99. The first-order valence-corrected chi connectivity index (χ1v) is 9.95. The first kappa shape index (κ1) is 20.2. The standard InChI is InChI=1S/C24H26ClNO2/c1-3-27-23-11-7-10-21(16-26-18(2)20-8-5-4-6-9-20)24(23)28-17-19-12-14-22(25)15-13-19/h4-15,18,26H,3,16-17H2,1-2H3. The molecule has 4 heteroatoms. The van der Waals surface area contributed by atoms with Crippen molar-refractivity contribution in [2.45, 2.75) is 33.0 Å². The Morgan fingerprint density at radius 1 is 0.893 bits per heavy atom. The molecular formula is C24H26ClNO2. The Morgan fingerprint density at radius 2 is 1.64 bits per heavy atom. The van der Waals surface area contributed by atoms with E-state index in [0.717, 1.165) is 27.6 Å². The lowest BCUT2D eigenvalue weighted by molar-refractivity contribution is 0.266. The average molecular weight is 396 g/mol. The smallest absolute Gasteiger partial charge is 0.166 e. The molecule has 0 aliphatic heterocycles. The molecule has 0 heterocycles. The molecule has 0 radical (unpaired) electrons. The first-order chi connectivity index (χ1) is 13.7. The third kappa shape index (κ3) is 5.51. The predicted molar refractivity (Wildman–Crippen MR) is 115 cm³/mol. The highest BCUT2D eigenvalue weighted by molar-refractivity contribution is 6.30. The van der Waals surface area contributed by atoms with Gasteiger partial charge in [0.25, 0.3) is 0 Å². The van der Waals surface area contributed by atoms with Gasteiger partial charge in [-0.05, 0) is 43.2 Å². The Balaban J connectivity index is 1.74. The third-order valence-corrected chi connectivity index (χ3v) is 4.81. The quantitative estimate of drug-likeness (QED) is 0.470. The van der Waals surface area contributed by atoms with Crippen LogP contribution in [0.4, 0.5) is 0 Å². The van der Waals surface area contributed by atoms with Gasteiger partial charge in [0.2, 0.25) is 0 Å². The van der Waals surface area contributed by atoms with Gasteiger partial charge in [0.05, 0.1) is 6.61 Å². The molecule has 28 heavy (non-hydrogen) atoms. The zero-order chi connectivity index (χ0) is 19.8. The Bertz CT molecular complexity index is 866. The number of para-hydroxylation sites is 1. The molecule has 0 aliphatic carbocycles. The van der Waals surface area contributed by atoms with Crippen molar-refractivity contribution in [3.05, 3.63) is 94.5 Å². The van der Waals surface area contributed by atoms with E-state index in [2.05, 4.69) is 42.6 Å². The first-order valence-electron chi connectivity index (χ1n) is 9.57. The van der Waals surface area contributed by atoms with E-state index >= 15 is 0 Å². The van der Waals surface area contributed by atoms with Gasteiger partial charge in [0.1, 0.15) is 6.61 Å². The maximum atomic E-state index is 6.18. The van der Waals surface area contributed by atoms with Gasteiger partial charge in [-0.25, -0.2) is 0 Å². The number of benzene rings is 3. The highest BCUT2D eigenvalue weighted by Crippen LogP contribution is 2.32. The van der Waals surface area contributed by atoms with Crippen LogP contribution in [0.15, 0.2) is 72.8 Å². The van der Waals surface area contributed by atoms with Gasteiger partial charge < -0.3 is 14.8 Å². The largest absolute Gasteiger partial charge is 0.490 e. The molecule has 1 N–H and O–H groups in total. The van der Waals surface area contributed by atoms with Crippen LogP contribution in [0.25, 0.3) is 0 Å². The fourth-order valence-corrected chi connectivity index (χ4v) is 3.12. The van der Waals surface area contributed by atoms with E-state index in [9.17, 15) is 0 Å². The number of nitrogens with one attached hydrogen (secondary N) is 1. The molecule has 1 atom stereocenters. The summed E-state index contributed by atoms with van der Waals surface area (Å²) < 4.78 is 12.0. The molecule has 0 saturated heterocycles. The van der Waals surface area contributed by atoms with Crippen molar-refractivity contribution in [2.75, 3.05) is 6.61 Å². The number of ether oxygens (including phenoxy) is 2. The van der Waals surface area contributed by atoms with Crippen molar-refractivity contribution in [2.24, 2.45) is 0 Å². The van der Waals surface area contributed by atoms with E-state index in [0.29, 0.717) is 19.8 Å². The monoisotopic (exact) mass is 395 g/mol. The van der Waals surface area contributed by atoms with Crippen LogP contribution in [0.3, 0.4) is 0 Å². The normalized spacial score (nSPS) is 11.8. The molecule has 3 aromatic carbocycles. The van der Waals surface area contributed by atoms with Crippen LogP contribution in [-0.4, -0.2) is 6.61 Å². The van der Waals surface area contributed by atoms with Gasteiger partial charge >= 0.3 is 0 Å². The van der Waals surface area contributed by atoms with E-state index in [-0.39, 0.29) is 6.04 Å². The van der Waals surface area contributed by atoms with E-state index in [1.54, 1.807) is 0 Å². The van der Waals surface area contributed by atoms with Crippen LogP contribution in [0.5, 0.6) is 11.5 Å². The van der Waals surface area contributed by atoms with Gasteiger partial charge in [-0.15, -0.1) is 0 Å². The fraction of sp³-hybridized carbons (Fsp3) is 0.250. The minimum atomic E-state index is 0.237. The summed E-state index contributed by atoms with van der Waals surface area (Å²) in [7, 11) is 0. The maximum Gasteiger partial charge on any atom is 0.166 e. The van der Waals surface area contributed by atoms with Crippen molar-refractivity contribution in [1.82, 2.24) is 5.32 Å². The predicted octanol–water partition coefficient (Wildman–Crippen LogP) is 6.17. The third-order valence-electron chi connectivity index (χ3n) is 4.55. The van der Waals surface area contributed by atoms with Crippen LogP contribution < -0.4 is 14.8 Å².